The van der Waals surface area contributed by atoms with Crippen LogP contribution in [0.5, 0.6) is 0 Å². The first-order chi connectivity index (χ1) is 13.3. The van der Waals surface area contributed by atoms with Gasteiger partial charge in [0.2, 0.25) is 5.91 Å². The van der Waals surface area contributed by atoms with E-state index in [2.05, 4.69) is 26.2 Å². The molecule has 1 aliphatic rings. The highest BCUT2D eigenvalue weighted by Crippen LogP contribution is 2.32. The summed E-state index contributed by atoms with van der Waals surface area (Å²) in [5.74, 6) is -0.898. The van der Waals surface area contributed by atoms with E-state index in [9.17, 15) is 14.0 Å². The molecule has 3 atom stereocenters. The first-order valence-corrected chi connectivity index (χ1v) is 9.49. The van der Waals surface area contributed by atoms with Crippen molar-refractivity contribution in [1.82, 2.24) is 5.32 Å². The van der Waals surface area contributed by atoms with Crippen LogP contribution in [0.25, 0.3) is 0 Å². The van der Waals surface area contributed by atoms with E-state index in [1.165, 1.54) is 6.07 Å². The number of aliphatic imine (C=N–C) groups is 1. The van der Waals surface area contributed by atoms with Gasteiger partial charge in [-0.05, 0) is 37.3 Å². The highest BCUT2D eigenvalue weighted by atomic mass is 79.9. The number of aldehydes is 1. The maximum Gasteiger partial charge on any atom is 0.238 e. The summed E-state index contributed by atoms with van der Waals surface area (Å²) in [5.41, 5.74) is 7.63. The number of hydrogen-bond donors (Lipinski definition) is 2. The monoisotopic (exact) mass is 446 g/mol. The lowest BCUT2D eigenvalue weighted by Gasteiger charge is -2.29. The molecule has 28 heavy (non-hydrogen) atoms. The van der Waals surface area contributed by atoms with E-state index in [0.717, 1.165) is 4.47 Å². The van der Waals surface area contributed by atoms with Crippen LogP contribution in [0, 0.1) is 5.82 Å². The van der Waals surface area contributed by atoms with Gasteiger partial charge in [-0.25, -0.2) is 4.39 Å². The number of fused-ring (bicyclic) bond motifs is 1. The number of rotatable bonds is 4. The Morgan fingerprint density at radius 2 is 2.04 bits per heavy atom. The average molecular weight is 447 g/mol. The van der Waals surface area contributed by atoms with Crippen LogP contribution in [0.3, 0.4) is 0 Å². The number of carbonyl (C=O) groups is 2. The summed E-state index contributed by atoms with van der Waals surface area (Å²) in [4.78, 5) is 30.4. The van der Waals surface area contributed by atoms with Gasteiger partial charge in [0.1, 0.15) is 24.3 Å². The Labute approximate surface area is 170 Å². The first kappa shape index (κ1) is 20.2. The third kappa shape index (κ3) is 3.83. The predicted octanol–water partition coefficient (Wildman–Crippen LogP) is 2.23. The molecule has 8 heteroatoms. The second kappa shape index (κ2) is 8.20. The van der Waals surface area contributed by atoms with E-state index >= 15 is 0 Å². The number of benzene rings is 2. The van der Waals surface area contributed by atoms with Crippen molar-refractivity contribution in [2.75, 3.05) is 11.9 Å². The van der Waals surface area contributed by atoms with E-state index in [-0.39, 0.29) is 5.56 Å². The largest absolute Gasteiger partial charge is 0.361 e. The molecule has 3 N–H and O–H groups in total. The van der Waals surface area contributed by atoms with Gasteiger partial charge in [0.05, 0.1) is 11.8 Å². The fraction of sp³-hybridized carbons (Fsp3) is 0.250. The third-order valence-electron chi connectivity index (χ3n) is 4.60. The number of carbonyl (C=O) groups excluding carboxylic acids is 2. The number of anilines is 1. The molecule has 2 aromatic rings. The molecule has 2 unspecified atom stereocenters. The van der Waals surface area contributed by atoms with E-state index in [0.29, 0.717) is 23.2 Å². The van der Waals surface area contributed by atoms with Crippen LogP contribution in [0.4, 0.5) is 10.1 Å². The van der Waals surface area contributed by atoms with Gasteiger partial charge in [-0.2, -0.15) is 0 Å². The molecule has 0 fully saturated rings. The Hall–Kier alpha value is -2.58. The molecule has 1 aliphatic heterocycles. The molecule has 1 heterocycles. The molecule has 0 spiro atoms. The predicted molar refractivity (Wildman–Crippen MR) is 110 cm³/mol. The zero-order valence-corrected chi connectivity index (χ0v) is 17.0. The van der Waals surface area contributed by atoms with Crippen LogP contribution < -0.4 is 16.0 Å². The summed E-state index contributed by atoms with van der Waals surface area (Å²) in [6.45, 7) is 1.54. The Bertz CT molecular complexity index is 948. The van der Waals surface area contributed by atoms with Gasteiger partial charge in [-0.15, -0.1) is 0 Å². The summed E-state index contributed by atoms with van der Waals surface area (Å²) in [6.07, 6.45) is -0.215. The zero-order chi connectivity index (χ0) is 20.4. The number of nitrogens with zero attached hydrogens (tertiary/aromatic N) is 2. The van der Waals surface area contributed by atoms with Gasteiger partial charge >= 0.3 is 0 Å². The number of hydrogen-bond acceptors (Lipinski definition) is 5. The smallest absolute Gasteiger partial charge is 0.238 e. The summed E-state index contributed by atoms with van der Waals surface area (Å²) in [7, 11) is 1.73. The molecule has 0 aliphatic carbocycles. The third-order valence-corrected chi connectivity index (χ3v) is 5.10. The van der Waals surface area contributed by atoms with Crippen molar-refractivity contribution in [3.8, 4) is 0 Å². The van der Waals surface area contributed by atoms with Crippen LogP contribution in [-0.4, -0.2) is 43.2 Å². The number of likely N-dealkylation sites (N-methyl/N-ethyl adjacent to an activating group) is 1. The molecule has 3 rings (SSSR count). The summed E-state index contributed by atoms with van der Waals surface area (Å²) in [6, 6.07) is 10.2. The van der Waals surface area contributed by atoms with Crippen molar-refractivity contribution in [3.63, 3.8) is 0 Å². The number of nitrogens with two attached hydrogens (primary N) is 1. The Morgan fingerprint density at radius 3 is 2.68 bits per heavy atom. The Balaban J connectivity index is 2.24. The minimum absolute atomic E-state index is 0.279. The van der Waals surface area contributed by atoms with Gasteiger partial charge in [0, 0.05) is 28.3 Å². The SMILES string of the molecule is C[C@H](N)C(=O)NC1N=C(c2ccccc2F)c2cc(Br)ccc2N(C)C1C=O. The quantitative estimate of drug-likeness (QED) is 0.704. The molecule has 0 aromatic heterocycles. The fourth-order valence-electron chi connectivity index (χ4n) is 3.09. The number of amides is 1. The van der Waals surface area contributed by atoms with E-state index in [1.54, 1.807) is 37.1 Å². The summed E-state index contributed by atoms with van der Waals surface area (Å²) < 4.78 is 15.4. The Kier molecular flexibility index (Phi) is 5.90. The summed E-state index contributed by atoms with van der Waals surface area (Å²) >= 11 is 3.44. The van der Waals surface area contributed by atoms with Crippen molar-refractivity contribution in [2.45, 2.75) is 25.2 Å². The zero-order valence-electron chi connectivity index (χ0n) is 15.4. The van der Waals surface area contributed by atoms with Gasteiger partial charge in [-0.1, -0.05) is 28.1 Å². The minimum atomic E-state index is -0.929. The second-order valence-corrected chi connectivity index (χ2v) is 7.51. The van der Waals surface area contributed by atoms with Gasteiger partial charge in [0.15, 0.2) is 0 Å². The average Bonchev–Trinajstić information content (AvgIpc) is 2.76. The van der Waals surface area contributed by atoms with Crippen molar-refractivity contribution in [2.24, 2.45) is 10.7 Å². The molecule has 0 saturated carbocycles. The van der Waals surface area contributed by atoms with Crippen LogP contribution in [0.1, 0.15) is 18.1 Å². The number of benzodiazepines with no additional fused rings is 1. The molecule has 1 amide bonds. The molecular formula is C20H20BrFN4O2. The van der Waals surface area contributed by atoms with Crippen molar-refractivity contribution < 1.29 is 14.0 Å². The molecule has 6 nitrogen and oxygen atoms in total. The first-order valence-electron chi connectivity index (χ1n) is 8.70. The highest BCUT2D eigenvalue weighted by Gasteiger charge is 2.33. The fourth-order valence-corrected chi connectivity index (χ4v) is 3.45. The lowest BCUT2D eigenvalue weighted by atomic mass is 10.00. The molecule has 0 saturated heterocycles. The summed E-state index contributed by atoms with van der Waals surface area (Å²) in [5, 5.41) is 2.70. The molecule has 146 valence electrons. The Morgan fingerprint density at radius 1 is 1.32 bits per heavy atom. The maximum atomic E-state index is 14.6. The van der Waals surface area contributed by atoms with Crippen molar-refractivity contribution in [1.29, 1.82) is 0 Å². The second-order valence-electron chi connectivity index (χ2n) is 6.60. The molecule has 0 bridgehead atoms. The topological polar surface area (TPSA) is 87.8 Å². The van der Waals surface area contributed by atoms with E-state index < -0.39 is 30.0 Å². The van der Waals surface area contributed by atoms with Crippen LogP contribution in [0.2, 0.25) is 0 Å². The van der Waals surface area contributed by atoms with Gasteiger partial charge < -0.3 is 20.7 Å². The number of nitrogens with one attached hydrogen (secondary N) is 1. The van der Waals surface area contributed by atoms with E-state index in [4.69, 9.17) is 5.73 Å². The van der Waals surface area contributed by atoms with Crippen LogP contribution >= 0.6 is 15.9 Å². The molecule has 2 aromatic carbocycles. The normalized spacial score (nSPS) is 19.9. The standard InChI is InChI=1S/C20H20BrFN4O2/c1-11(23)20(28)25-19-17(10-27)26(2)16-8-7-12(21)9-14(16)18(24-19)13-5-3-4-6-15(13)22/h3-11,17,19H,23H2,1-2H3,(H,25,28)/t11-,17?,19?/m0/s1. The lowest BCUT2D eigenvalue weighted by molar-refractivity contribution is -0.122. The van der Waals surface area contributed by atoms with Crippen molar-refractivity contribution in [3.05, 3.63) is 63.9 Å². The van der Waals surface area contributed by atoms with Gasteiger partial charge in [0.25, 0.3) is 0 Å². The van der Waals surface area contributed by atoms with Gasteiger partial charge in [-0.3, -0.25) is 9.79 Å². The lowest BCUT2D eigenvalue weighted by Crippen LogP contribution is -2.53. The molecular weight excluding hydrogens is 427 g/mol. The maximum absolute atomic E-state index is 14.6. The minimum Gasteiger partial charge on any atom is -0.361 e. The van der Waals surface area contributed by atoms with Crippen LogP contribution in [0.15, 0.2) is 51.9 Å². The molecule has 0 radical (unpaired) electrons. The number of halogens is 2. The van der Waals surface area contributed by atoms with Crippen LogP contribution in [-0.2, 0) is 9.59 Å². The highest BCUT2D eigenvalue weighted by molar-refractivity contribution is 9.10. The van der Waals surface area contributed by atoms with Crippen molar-refractivity contribution >= 4 is 39.5 Å². The van der Waals surface area contributed by atoms with E-state index in [1.807, 2.05) is 18.2 Å².